The number of fused-ring (bicyclic) bond motifs is 6. The van der Waals surface area contributed by atoms with Gasteiger partial charge in [0.25, 0.3) is 0 Å². The van der Waals surface area contributed by atoms with Crippen LogP contribution in [0.4, 0.5) is 0 Å². The summed E-state index contributed by atoms with van der Waals surface area (Å²) in [6.07, 6.45) is 0. The minimum Gasteiger partial charge on any atom is -0.493 e. The van der Waals surface area contributed by atoms with E-state index in [0.717, 1.165) is 11.1 Å². The predicted molar refractivity (Wildman–Crippen MR) is 97.8 cm³/mol. The maximum absolute atomic E-state index is 12.8. The lowest BCUT2D eigenvalue weighted by atomic mass is 9.77. The molecule has 0 saturated heterocycles. The lowest BCUT2D eigenvalue weighted by molar-refractivity contribution is 0.0216. The van der Waals surface area contributed by atoms with Gasteiger partial charge in [-0.15, -0.1) is 0 Å². The minimum absolute atomic E-state index is 0.377. The lowest BCUT2D eigenvalue weighted by Gasteiger charge is -2.37. The molecule has 3 aromatic carbocycles. The van der Waals surface area contributed by atoms with Crippen LogP contribution in [-0.4, -0.2) is 20.2 Å². The highest BCUT2D eigenvalue weighted by Gasteiger charge is 2.55. The van der Waals surface area contributed by atoms with E-state index in [-0.39, 0.29) is 5.97 Å². The molecule has 0 aromatic heterocycles. The van der Waals surface area contributed by atoms with Gasteiger partial charge < -0.3 is 18.9 Å². The van der Waals surface area contributed by atoms with E-state index in [9.17, 15) is 4.79 Å². The van der Waals surface area contributed by atoms with Crippen molar-refractivity contribution in [2.24, 2.45) is 0 Å². The van der Waals surface area contributed by atoms with Crippen LogP contribution < -0.4 is 14.2 Å². The average Bonchev–Trinajstić information content (AvgIpc) is 3.01. The molecule has 0 amide bonds. The quantitative estimate of drug-likeness (QED) is 0.639. The molecule has 0 bridgehead atoms. The molecule has 3 aromatic rings. The number of carbonyl (C=O) groups is 1. The number of hydrogen-bond acceptors (Lipinski definition) is 5. The molecule has 0 radical (unpaired) electrons. The number of esters is 1. The van der Waals surface area contributed by atoms with E-state index in [1.807, 2.05) is 48.5 Å². The van der Waals surface area contributed by atoms with E-state index in [4.69, 9.17) is 18.9 Å². The highest BCUT2D eigenvalue weighted by molar-refractivity contribution is 5.97. The molecule has 0 fully saturated rings. The minimum atomic E-state index is -1.16. The van der Waals surface area contributed by atoms with Crippen molar-refractivity contribution in [1.82, 2.24) is 0 Å². The van der Waals surface area contributed by atoms with E-state index in [0.29, 0.717) is 34.1 Å². The Bertz CT molecular complexity index is 1090. The molecule has 2 aliphatic heterocycles. The molecule has 5 rings (SSSR count). The summed E-state index contributed by atoms with van der Waals surface area (Å²) in [6.45, 7) is 0. The molecule has 0 saturated carbocycles. The largest absolute Gasteiger partial charge is 0.493 e. The van der Waals surface area contributed by atoms with E-state index < -0.39 is 5.60 Å². The monoisotopic (exact) mass is 360 g/mol. The fourth-order valence-electron chi connectivity index (χ4n) is 4.03. The van der Waals surface area contributed by atoms with Gasteiger partial charge in [0, 0.05) is 11.1 Å². The standard InChI is InChI=1S/C22H16O5/c1-24-18-12-11-17-19(20(18)25-2)22(15-9-5-6-10-16(15)26-17)14-8-4-3-7-13(14)21(23)27-22/h3-12H,1-2H3. The summed E-state index contributed by atoms with van der Waals surface area (Å²) in [6, 6.07) is 18.6. The Kier molecular flexibility index (Phi) is 3.22. The first-order valence-electron chi connectivity index (χ1n) is 8.56. The van der Waals surface area contributed by atoms with Gasteiger partial charge in [-0.3, -0.25) is 0 Å². The summed E-state index contributed by atoms with van der Waals surface area (Å²) in [7, 11) is 3.14. The summed E-state index contributed by atoms with van der Waals surface area (Å²) in [5.41, 5.74) is 1.52. The van der Waals surface area contributed by atoms with Crippen molar-refractivity contribution < 1.29 is 23.7 Å². The van der Waals surface area contributed by atoms with E-state index >= 15 is 0 Å². The van der Waals surface area contributed by atoms with Crippen molar-refractivity contribution in [2.45, 2.75) is 5.60 Å². The molecular weight excluding hydrogens is 344 g/mol. The maximum Gasteiger partial charge on any atom is 0.340 e. The Morgan fingerprint density at radius 2 is 1.56 bits per heavy atom. The number of rotatable bonds is 2. The Balaban J connectivity index is 1.95. The van der Waals surface area contributed by atoms with Crippen LogP contribution >= 0.6 is 0 Å². The van der Waals surface area contributed by atoms with Crippen molar-refractivity contribution in [3.05, 3.63) is 82.9 Å². The molecule has 1 unspecified atom stereocenters. The van der Waals surface area contributed by atoms with Crippen molar-refractivity contribution in [3.8, 4) is 23.0 Å². The van der Waals surface area contributed by atoms with Crippen molar-refractivity contribution in [1.29, 1.82) is 0 Å². The van der Waals surface area contributed by atoms with Crippen LogP contribution in [0.25, 0.3) is 0 Å². The Hall–Kier alpha value is -3.47. The Morgan fingerprint density at radius 3 is 2.33 bits per heavy atom. The van der Waals surface area contributed by atoms with Crippen LogP contribution in [0.3, 0.4) is 0 Å². The number of ether oxygens (including phenoxy) is 4. The smallest absolute Gasteiger partial charge is 0.340 e. The second kappa shape index (κ2) is 5.51. The molecule has 0 N–H and O–H groups in total. The van der Waals surface area contributed by atoms with E-state index in [2.05, 4.69) is 0 Å². The molecule has 0 aliphatic carbocycles. The normalized spacial score (nSPS) is 18.8. The molecule has 2 aliphatic rings. The summed E-state index contributed by atoms with van der Waals surface area (Å²) in [5.74, 6) is 1.85. The fourth-order valence-corrected chi connectivity index (χ4v) is 4.03. The zero-order chi connectivity index (χ0) is 18.6. The number of benzene rings is 3. The van der Waals surface area contributed by atoms with Crippen molar-refractivity contribution in [2.75, 3.05) is 14.2 Å². The first kappa shape index (κ1) is 15.8. The molecule has 2 heterocycles. The molecule has 27 heavy (non-hydrogen) atoms. The van der Waals surface area contributed by atoms with Gasteiger partial charge in [-0.25, -0.2) is 4.79 Å². The Morgan fingerprint density at radius 1 is 0.815 bits per heavy atom. The van der Waals surface area contributed by atoms with Gasteiger partial charge in [-0.05, 0) is 24.3 Å². The number of para-hydroxylation sites is 1. The van der Waals surface area contributed by atoms with Gasteiger partial charge in [0.15, 0.2) is 17.1 Å². The van der Waals surface area contributed by atoms with Crippen LogP contribution in [0.2, 0.25) is 0 Å². The lowest BCUT2D eigenvalue weighted by Crippen LogP contribution is -2.33. The van der Waals surface area contributed by atoms with Gasteiger partial charge in [-0.2, -0.15) is 0 Å². The molecule has 5 heteroatoms. The van der Waals surface area contributed by atoms with Crippen LogP contribution in [-0.2, 0) is 10.3 Å². The number of methoxy groups -OCH3 is 2. The third kappa shape index (κ3) is 1.91. The highest BCUT2D eigenvalue weighted by atomic mass is 16.6. The fraction of sp³-hybridized carbons (Fsp3) is 0.136. The number of carbonyl (C=O) groups excluding carboxylic acids is 1. The van der Waals surface area contributed by atoms with Gasteiger partial charge in [0.2, 0.25) is 0 Å². The summed E-state index contributed by atoms with van der Waals surface area (Å²) in [5, 5.41) is 0. The zero-order valence-corrected chi connectivity index (χ0v) is 14.8. The number of hydrogen-bond donors (Lipinski definition) is 0. The molecule has 1 spiro atoms. The van der Waals surface area contributed by atoms with Crippen molar-refractivity contribution in [3.63, 3.8) is 0 Å². The van der Waals surface area contributed by atoms with Crippen LogP contribution in [0, 0.1) is 0 Å². The Labute approximate surface area is 156 Å². The zero-order valence-electron chi connectivity index (χ0n) is 14.8. The average molecular weight is 360 g/mol. The van der Waals surface area contributed by atoms with Gasteiger partial charge in [0.05, 0.1) is 25.3 Å². The first-order chi connectivity index (χ1) is 13.2. The molecule has 5 nitrogen and oxygen atoms in total. The summed E-state index contributed by atoms with van der Waals surface area (Å²) < 4.78 is 23.4. The summed E-state index contributed by atoms with van der Waals surface area (Å²) >= 11 is 0. The third-order valence-corrected chi connectivity index (χ3v) is 5.12. The van der Waals surface area contributed by atoms with Crippen LogP contribution in [0.1, 0.15) is 27.0 Å². The van der Waals surface area contributed by atoms with E-state index in [1.165, 1.54) is 0 Å². The van der Waals surface area contributed by atoms with Gasteiger partial charge in [0.1, 0.15) is 11.5 Å². The molecule has 134 valence electrons. The second-order valence-electron chi connectivity index (χ2n) is 6.39. The highest BCUT2D eigenvalue weighted by Crippen LogP contribution is 2.59. The molecule has 1 atom stereocenters. The second-order valence-corrected chi connectivity index (χ2v) is 6.39. The first-order valence-corrected chi connectivity index (χ1v) is 8.56. The van der Waals surface area contributed by atoms with Gasteiger partial charge in [-0.1, -0.05) is 36.4 Å². The van der Waals surface area contributed by atoms with E-state index in [1.54, 1.807) is 26.4 Å². The van der Waals surface area contributed by atoms with Crippen LogP contribution in [0.5, 0.6) is 23.0 Å². The SMILES string of the molecule is COc1ccc2c(c1OC)C1(OC(=O)c3ccccc31)c1ccccc1O2. The third-order valence-electron chi connectivity index (χ3n) is 5.12. The van der Waals surface area contributed by atoms with Crippen molar-refractivity contribution >= 4 is 5.97 Å². The predicted octanol–water partition coefficient (Wildman–Crippen LogP) is 4.27. The van der Waals surface area contributed by atoms with Crippen LogP contribution in [0.15, 0.2) is 60.7 Å². The topological polar surface area (TPSA) is 54.0 Å². The summed E-state index contributed by atoms with van der Waals surface area (Å²) in [4.78, 5) is 12.8. The molecular formula is C22H16O5. The maximum atomic E-state index is 12.8. The van der Waals surface area contributed by atoms with Gasteiger partial charge >= 0.3 is 5.97 Å².